The van der Waals surface area contributed by atoms with Crippen LogP contribution >= 0.6 is 0 Å². The van der Waals surface area contributed by atoms with Crippen molar-refractivity contribution in [2.75, 3.05) is 0 Å². The molecule has 0 bridgehead atoms. The molecule has 0 unspecified atom stereocenters. The van der Waals surface area contributed by atoms with Crippen LogP contribution in [0.2, 0.25) is 0 Å². The Morgan fingerprint density at radius 2 is 0.648 bits per heavy atom. The van der Waals surface area contributed by atoms with Gasteiger partial charge in [-0.05, 0) is 151 Å². The molecule has 0 atom stereocenters. The average Bonchev–Trinajstić information content (AvgIpc) is 1.50. The highest BCUT2D eigenvalue weighted by molar-refractivity contribution is 6.14. The molecule has 88 heavy (non-hydrogen) atoms. The summed E-state index contributed by atoms with van der Waals surface area (Å²) in [7, 11) is 0. The third-order valence-corrected chi connectivity index (χ3v) is 15.7. The van der Waals surface area contributed by atoms with Gasteiger partial charge in [0.25, 0.3) is 0 Å². The number of benzene rings is 10. The van der Waals surface area contributed by atoms with E-state index in [2.05, 4.69) is 4.85 Å². The maximum atomic E-state index is 17.6. The first-order chi connectivity index (χ1) is 41.3. The zero-order chi connectivity index (χ0) is 62.9. The van der Waals surface area contributed by atoms with E-state index in [1.165, 1.54) is 75.9 Å². The second-order valence-corrected chi connectivity index (χ2v) is 22.0. The number of aryl methyl sites for hydroxylation is 4. The number of hydrogen-bond acceptors (Lipinski definition) is 0. The molecule has 12 aromatic rings. The highest BCUT2D eigenvalue weighted by Gasteiger charge is 2.42. The van der Waals surface area contributed by atoms with E-state index < -0.39 is 81.2 Å². The van der Waals surface area contributed by atoms with Crippen LogP contribution in [0.1, 0.15) is 50.1 Å². The fourth-order valence-corrected chi connectivity index (χ4v) is 12.0. The van der Waals surface area contributed by atoms with Gasteiger partial charge in [-0.2, -0.15) is 65.9 Å². The van der Waals surface area contributed by atoms with Crippen LogP contribution in [0.15, 0.2) is 182 Å². The summed E-state index contributed by atoms with van der Waals surface area (Å²) in [6, 6.07) is 39.1. The number of rotatable bonds is 7. The van der Waals surface area contributed by atoms with Crippen LogP contribution in [0.4, 0.5) is 71.5 Å². The topological polar surface area (TPSA) is 14.2 Å². The van der Waals surface area contributed by atoms with Crippen molar-refractivity contribution in [1.29, 1.82) is 0 Å². The molecule has 442 valence electrons. The molecule has 3 nitrogen and oxygen atoms in total. The predicted molar refractivity (Wildman–Crippen MR) is 313 cm³/mol. The van der Waals surface area contributed by atoms with Crippen LogP contribution in [-0.2, 0) is 30.9 Å². The lowest BCUT2D eigenvalue weighted by Gasteiger charge is -2.25. The minimum atomic E-state index is -5.46. The molecule has 2 heterocycles. The van der Waals surface area contributed by atoms with E-state index in [9.17, 15) is 52.7 Å². The summed E-state index contributed by atoms with van der Waals surface area (Å²) >= 11 is 0. The Kier molecular flexibility index (Phi) is 13.8. The normalized spacial score (nSPS) is 12.7. The fourth-order valence-electron chi connectivity index (χ4n) is 12.0. The van der Waals surface area contributed by atoms with E-state index in [4.69, 9.17) is 6.57 Å². The Morgan fingerprint density at radius 3 is 0.977 bits per heavy atom. The van der Waals surface area contributed by atoms with E-state index in [0.717, 1.165) is 28.3 Å². The van der Waals surface area contributed by atoms with Gasteiger partial charge in [-0.15, -0.1) is 0 Å². The minimum Gasteiger partial charge on any atom is -0.309 e. The summed E-state index contributed by atoms with van der Waals surface area (Å²) in [6.07, 6.45) is -26.5. The first kappa shape index (κ1) is 58.6. The van der Waals surface area contributed by atoms with Crippen LogP contribution in [0.25, 0.3) is 115 Å². The molecule has 0 aliphatic rings. The van der Waals surface area contributed by atoms with Crippen LogP contribution in [0.5, 0.6) is 0 Å². The van der Waals surface area contributed by atoms with Crippen molar-refractivity contribution >= 4 is 49.3 Å². The van der Waals surface area contributed by atoms with Gasteiger partial charge >= 0.3 is 30.9 Å². The smallest absolute Gasteiger partial charge is 0.309 e. The van der Waals surface area contributed by atoms with Crippen molar-refractivity contribution in [1.82, 2.24) is 9.13 Å². The fraction of sp³-hybridized carbons (Fsp3) is 0.129. The van der Waals surface area contributed by atoms with Crippen molar-refractivity contribution in [2.45, 2.75) is 58.6 Å². The molecule has 0 amide bonds. The highest BCUT2D eigenvalue weighted by Crippen LogP contribution is 2.51. The van der Waals surface area contributed by atoms with E-state index >= 15 is 13.2 Å². The van der Waals surface area contributed by atoms with Gasteiger partial charge in [-0.1, -0.05) is 131 Å². The molecule has 0 fully saturated rings. The second-order valence-electron chi connectivity index (χ2n) is 22.0. The molecular weight excluding hydrogens is 1170 g/mol. The summed E-state index contributed by atoms with van der Waals surface area (Å²) in [5.74, 6) is 0. The Morgan fingerprint density at radius 1 is 0.307 bits per heavy atom. The number of aromatic nitrogens is 2. The molecule has 0 saturated heterocycles. The summed E-state index contributed by atoms with van der Waals surface area (Å²) in [4.78, 5) is 3.55. The van der Waals surface area contributed by atoms with E-state index in [1.54, 1.807) is 36.4 Å². The van der Waals surface area contributed by atoms with Crippen LogP contribution in [-0.4, -0.2) is 9.13 Å². The third-order valence-electron chi connectivity index (χ3n) is 15.7. The molecule has 12 rings (SSSR count). The molecule has 0 N–H and O–H groups in total. The van der Waals surface area contributed by atoms with Gasteiger partial charge in [0.15, 0.2) is 5.69 Å². The lowest BCUT2D eigenvalue weighted by atomic mass is 9.96. The van der Waals surface area contributed by atoms with Gasteiger partial charge < -0.3 is 9.13 Å². The Labute approximate surface area is 491 Å². The van der Waals surface area contributed by atoms with E-state index in [0.29, 0.717) is 57.3 Å². The van der Waals surface area contributed by atoms with E-state index in [1.807, 2.05) is 64.1 Å². The SMILES string of the molecule is [C-]#[N+]c1cccc(-c2ccc(-n3c4cc(-c5cc(C)cc(C)c5)ccc4c4ccc(-c5cc(C(F)(F)F)cc(C(F)(F)F)c5)cc43)c(C(F)(F)F)c2-n2c3cc(-c4cc(C)cc(C)c4)ccc3c3ccc(-c4cc(C(F)(F)F)cc(C(F)(F)F)c4)cc32)c1. The minimum absolute atomic E-state index is 0.00447. The second kappa shape index (κ2) is 20.7. The number of nitrogens with zero attached hydrogens (tertiary/aromatic N) is 3. The van der Waals surface area contributed by atoms with Gasteiger partial charge in [-0.25, -0.2) is 4.85 Å². The quantitative estimate of drug-likeness (QED) is 0.112. The predicted octanol–water partition coefficient (Wildman–Crippen LogP) is 23.1. The van der Waals surface area contributed by atoms with Crippen molar-refractivity contribution in [2.24, 2.45) is 0 Å². The summed E-state index contributed by atoms with van der Waals surface area (Å²) < 4.78 is 229. The maximum Gasteiger partial charge on any atom is 0.420 e. The average molecular weight is 1210 g/mol. The molecule has 0 spiro atoms. The first-order valence-electron chi connectivity index (χ1n) is 27.0. The molecule has 2 aromatic heterocycles. The standard InChI is InChI=1S/C70H42F15N3/c1-36-19-37(2)22-45(21-36)40-9-13-55-56-14-11-42(47-25-49(66(71,72)73)34-50(26-47)67(74,75)76)31-61(56)87(60(55)30-40)59-18-17-54(44-7-6-8-53(29-44)86-5)65(64(59)70(83,84)85)88-62-32-41(46-23-38(3)20-39(4)24-46)10-15-57(62)58-16-12-43(33-63(58)88)48-27-51(68(77,78)79)35-52(28-48)69(80,81)82/h6-35H,1-4H3. The molecule has 18 heteroatoms. The molecule has 0 aliphatic heterocycles. The monoisotopic (exact) mass is 1210 g/mol. The van der Waals surface area contributed by atoms with E-state index in [-0.39, 0.29) is 72.9 Å². The van der Waals surface area contributed by atoms with Gasteiger partial charge in [0.1, 0.15) is 5.56 Å². The summed E-state index contributed by atoms with van der Waals surface area (Å²) in [6.45, 7) is 15.3. The van der Waals surface area contributed by atoms with Crippen molar-refractivity contribution in [3.63, 3.8) is 0 Å². The highest BCUT2D eigenvalue weighted by atomic mass is 19.4. The molecular formula is C70H42F15N3. The van der Waals surface area contributed by atoms with Crippen molar-refractivity contribution in [3.8, 4) is 67.0 Å². The maximum absolute atomic E-state index is 17.6. The number of halogens is 15. The molecule has 0 aliphatic carbocycles. The number of alkyl halides is 15. The zero-order valence-electron chi connectivity index (χ0n) is 46.3. The summed E-state index contributed by atoms with van der Waals surface area (Å²) in [5.41, 5.74) is -5.31. The first-order valence-corrected chi connectivity index (χ1v) is 27.0. The lowest BCUT2D eigenvalue weighted by Crippen LogP contribution is -2.17. The Hall–Kier alpha value is -9.76. The van der Waals surface area contributed by atoms with Crippen molar-refractivity contribution in [3.05, 3.63) is 243 Å². The summed E-state index contributed by atoms with van der Waals surface area (Å²) in [5, 5.41) is 1.06. The van der Waals surface area contributed by atoms with Gasteiger partial charge in [0.05, 0.1) is 62.3 Å². The Balaban J connectivity index is 1.27. The van der Waals surface area contributed by atoms with Gasteiger partial charge in [0.2, 0.25) is 0 Å². The van der Waals surface area contributed by atoms with Crippen molar-refractivity contribution < 1.29 is 65.9 Å². The number of fused-ring (bicyclic) bond motifs is 6. The third kappa shape index (κ3) is 10.7. The van der Waals surface area contributed by atoms with Crippen LogP contribution in [0, 0.1) is 34.3 Å². The molecule has 0 radical (unpaired) electrons. The largest absolute Gasteiger partial charge is 0.420 e. The van der Waals surface area contributed by atoms with Gasteiger partial charge in [-0.3, -0.25) is 0 Å². The van der Waals surface area contributed by atoms with Crippen LogP contribution in [0.3, 0.4) is 0 Å². The number of hydrogen-bond donors (Lipinski definition) is 0. The molecule has 0 saturated carbocycles. The van der Waals surface area contributed by atoms with Gasteiger partial charge in [0, 0.05) is 27.1 Å². The van der Waals surface area contributed by atoms with Crippen LogP contribution < -0.4 is 0 Å². The Bertz CT molecular complexity index is 4800. The lowest BCUT2D eigenvalue weighted by molar-refractivity contribution is -0.144. The molecule has 10 aromatic carbocycles. The zero-order valence-corrected chi connectivity index (χ0v) is 46.3.